The van der Waals surface area contributed by atoms with E-state index in [1.54, 1.807) is 14.2 Å². The van der Waals surface area contributed by atoms with Gasteiger partial charge in [-0.05, 0) is 44.7 Å². The van der Waals surface area contributed by atoms with Gasteiger partial charge in [-0.1, -0.05) is 11.6 Å². The molecule has 0 aliphatic rings. The Balaban J connectivity index is 0.00000625. The highest BCUT2D eigenvalue weighted by Gasteiger charge is 2.06. The third-order valence-electron chi connectivity index (χ3n) is 3.61. The average Bonchev–Trinajstić information content (AvgIpc) is 2.60. The molecule has 0 fully saturated rings. The lowest BCUT2D eigenvalue weighted by molar-refractivity contribution is 0.180. The molecule has 0 amide bonds. The van der Waals surface area contributed by atoms with Crippen molar-refractivity contribution >= 4 is 41.5 Å². The van der Waals surface area contributed by atoms with E-state index >= 15 is 0 Å². The summed E-state index contributed by atoms with van der Waals surface area (Å²) in [4.78, 5) is 6.50. The summed E-state index contributed by atoms with van der Waals surface area (Å²) in [5.74, 6) is 1.58. The molecule has 0 saturated heterocycles. The Morgan fingerprint density at radius 2 is 1.92 bits per heavy atom. The number of methoxy groups -OCH3 is 1. The zero-order valence-corrected chi connectivity index (χ0v) is 19.2. The Kier molecular flexibility index (Phi) is 14.9. The summed E-state index contributed by atoms with van der Waals surface area (Å²) in [7, 11) is 5.60. The predicted octanol–water partition coefficient (Wildman–Crippen LogP) is 2.86. The molecule has 8 heteroatoms. The van der Waals surface area contributed by atoms with Crippen molar-refractivity contribution < 1.29 is 9.47 Å². The van der Waals surface area contributed by atoms with Crippen LogP contribution in [0.2, 0.25) is 5.02 Å². The molecule has 1 unspecified atom stereocenters. The fourth-order valence-electron chi connectivity index (χ4n) is 2.20. The highest BCUT2D eigenvalue weighted by molar-refractivity contribution is 14.0. The number of aliphatic imine (C=N–C) groups is 1. The molecule has 1 rings (SSSR count). The molecule has 150 valence electrons. The summed E-state index contributed by atoms with van der Waals surface area (Å²) in [6.07, 6.45) is 1.05. The Labute approximate surface area is 179 Å². The van der Waals surface area contributed by atoms with Crippen LogP contribution >= 0.6 is 35.6 Å². The van der Waals surface area contributed by atoms with Gasteiger partial charge in [0.25, 0.3) is 0 Å². The summed E-state index contributed by atoms with van der Waals surface area (Å²) in [6, 6.07) is 7.37. The maximum Gasteiger partial charge on any atom is 0.191 e. The first-order valence-corrected chi connectivity index (χ1v) is 8.97. The second kappa shape index (κ2) is 15.3. The predicted molar refractivity (Wildman–Crippen MR) is 120 cm³/mol. The van der Waals surface area contributed by atoms with Gasteiger partial charge in [-0.2, -0.15) is 0 Å². The molecule has 0 spiro atoms. The van der Waals surface area contributed by atoms with Crippen molar-refractivity contribution in [3.05, 3.63) is 29.3 Å². The van der Waals surface area contributed by atoms with Crippen molar-refractivity contribution in [1.82, 2.24) is 15.5 Å². The summed E-state index contributed by atoms with van der Waals surface area (Å²) < 4.78 is 10.9. The van der Waals surface area contributed by atoms with E-state index in [4.69, 9.17) is 21.1 Å². The number of benzene rings is 1. The van der Waals surface area contributed by atoms with Crippen molar-refractivity contribution in [2.75, 3.05) is 54.0 Å². The number of hydrogen-bond acceptors (Lipinski definition) is 4. The lowest BCUT2D eigenvalue weighted by Gasteiger charge is -2.20. The molecule has 0 heterocycles. The molecule has 0 aromatic heterocycles. The van der Waals surface area contributed by atoms with Crippen molar-refractivity contribution in [2.45, 2.75) is 19.4 Å². The minimum Gasteiger partial charge on any atom is -0.489 e. The van der Waals surface area contributed by atoms with E-state index in [-0.39, 0.29) is 30.1 Å². The number of hydrogen-bond donors (Lipinski definition) is 2. The summed E-state index contributed by atoms with van der Waals surface area (Å²) in [5.41, 5.74) is 0. The van der Waals surface area contributed by atoms with Crippen LogP contribution in [0.1, 0.15) is 13.3 Å². The van der Waals surface area contributed by atoms with Gasteiger partial charge in [0.15, 0.2) is 5.96 Å². The van der Waals surface area contributed by atoms with Crippen molar-refractivity contribution in [1.29, 1.82) is 0 Å². The molecular weight excluding hydrogens is 467 g/mol. The molecule has 1 atom stereocenters. The molecule has 0 aliphatic carbocycles. The minimum absolute atomic E-state index is 0. The highest BCUT2D eigenvalue weighted by Crippen LogP contribution is 2.16. The zero-order chi connectivity index (χ0) is 18.5. The Morgan fingerprint density at radius 3 is 2.54 bits per heavy atom. The quantitative estimate of drug-likeness (QED) is 0.213. The number of likely N-dealkylation sites (N-methyl/N-ethyl adjacent to an activating group) is 1. The third kappa shape index (κ3) is 11.8. The van der Waals surface area contributed by atoms with Crippen molar-refractivity contribution in [2.24, 2.45) is 4.99 Å². The van der Waals surface area contributed by atoms with Crippen LogP contribution in [0.5, 0.6) is 5.75 Å². The van der Waals surface area contributed by atoms with Gasteiger partial charge in [0, 0.05) is 45.4 Å². The normalized spacial score (nSPS) is 12.5. The van der Waals surface area contributed by atoms with Gasteiger partial charge in [-0.15, -0.1) is 24.0 Å². The lowest BCUT2D eigenvalue weighted by atomic mass is 10.3. The van der Waals surface area contributed by atoms with Crippen LogP contribution < -0.4 is 15.4 Å². The Bertz CT molecular complexity index is 502. The number of guanidine groups is 1. The number of halogens is 2. The topological polar surface area (TPSA) is 58.1 Å². The van der Waals surface area contributed by atoms with Gasteiger partial charge >= 0.3 is 0 Å². The molecule has 1 aromatic rings. The summed E-state index contributed by atoms with van der Waals surface area (Å²) in [6.45, 7) is 6.27. The average molecular weight is 499 g/mol. The van der Waals surface area contributed by atoms with Gasteiger partial charge in [-0.25, -0.2) is 0 Å². The van der Waals surface area contributed by atoms with E-state index in [9.17, 15) is 0 Å². The van der Waals surface area contributed by atoms with E-state index in [1.165, 1.54) is 0 Å². The lowest BCUT2D eigenvalue weighted by Crippen LogP contribution is -2.44. The van der Waals surface area contributed by atoms with Gasteiger partial charge in [-0.3, -0.25) is 4.99 Å². The van der Waals surface area contributed by atoms with E-state index in [2.05, 4.69) is 27.6 Å². The van der Waals surface area contributed by atoms with E-state index in [0.29, 0.717) is 11.6 Å². The monoisotopic (exact) mass is 498 g/mol. The van der Waals surface area contributed by atoms with Gasteiger partial charge in [0.1, 0.15) is 11.9 Å². The molecule has 0 aliphatic heterocycles. The molecule has 26 heavy (non-hydrogen) atoms. The van der Waals surface area contributed by atoms with Crippen LogP contribution in [-0.2, 0) is 4.74 Å². The largest absolute Gasteiger partial charge is 0.489 e. The fraction of sp³-hybridized carbons (Fsp3) is 0.611. The fourth-order valence-corrected chi connectivity index (χ4v) is 2.33. The second-order valence-corrected chi connectivity index (χ2v) is 6.35. The summed E-state index contributed by atoms with van der Waals surface area (Å²) in [5, 5.41) is 7.29. The molecule has 2 N–H and O–H groups in total. The Morgan fingerprint density at radius 1 is 1.23 bits per heavy atom. The SMILES string of the molecule is CN=C(NCCN(C)CCCOC)NCC(C)Oc1ccc(Cl)cc1.I. The number of nitrogens with one attached hydrogen (secondary N) is 2. The molecule has 0 radical (unpaired) electrons. The molecule has 1 aromatic carbocycles. The van der Waals surface area contributed by atoms with Crippen LogP contribution in [-0.4, -0.2) is 71.0 Å². The van der Waals surface area contributed by atoms with Gasteiger partial charge < -0.3 is 25.0 Å². The van der Waals surface area contributed by atoms with Crippen molar-refractivity contribution in [3.63, 3.8) is 0 Å². The van der Waals surface area contributed by atoms with Crippen LogP contribution in [0, 0.1) is 0 Å². The first kappa shape index (κ1) is 25.2. The van der Waals surface area contributed by atoms with Gasteiger partial charge in [0.05, 0.1) is 6.54 Å². The Hall–Kier alpha value is -0.770. The molecule has 0 bridgehead atoms. The molecular formula is C18H32ClIN4O2. The zero-order valence-electron chi connectivity index (χ0n) is 16.1. The minimum atomic E-state index is 0. The molecule has 0 saturated carbocycles. The van der Waals surface area contributed by atoms with Crippen LogP contribution in [0.25, 0.3) is 0 Å². The second-order valence-electron chi connectivity index (χ2n) is 5.91. The summed E-state index contributed by atoms with van der Waals surface area (Å²) >= 11 is 5.87. The maximum atomic E-state index is 5.87. The molecule has 6 nitrogen and oxygen atoms in total. The number of ether oxygens (including phenoxy) is 2. The highest BCUT2D eigenvalue weighted by atomic mass is 127. The number of nitrogens with zero attached hydrogens (tertiary/aromatic N) is 2. The first-order valence-electron chi connectivity index (χ1n) is 8.59. The van der Waals surface area contributed by atoms with E-state index in [1.807, 2.05) is 31.2 Å². The number of rotatable bonds is 11. The van der Waals surface area contributed by atoms with E-state index in [0.717, 1.165) is 44.4 Å². The van der Waals surface area contributed by atoms with Crippen LogP contribution in [0.3, 0.4) is 0 Å². The van der Waals surface area contributed by atoms with Crippen molar-refractivity contribution in [3.8, 4) is 5.75 Å². The van der Waals surface area contributed by atoms with Crippen LogP contribution in [0.4, 0.5) is 0 Å². The third-order valence-corrected chi connectivity index (χ3v) is 3.86. The standard InChI is InChI=1S/C18H31ClN4O2.HI/c1-15(25-17-8-6-16(19)7-9-17)14-22-18(20-2)21-10-12-23(3)11-5-13-24-4;/h6-9,15H,5,10-14H2,1-4H3,(H2,20,21,22);1H. The van der Waals surface area contributed by atoms with E-state index < -0.39 is 0 Å². The maximum absolute atomic E-state index is 5.87. The first-order chi connectivity index (χ1) is 12.0. The van der Waals surface area contributed by atoms with Crippen LogP contribution in [0.15, 0.2) is 29.3 Å². The van der Waals surface area contributed by atoms with Gasteiger partial charge in [0.2, 0.25) is 0 Å². The smallest absolute Gasteiger partial charge is 0.191 e.